The average molecular weight is 399 g/mol. The minimum atomic E-state index is -0.258. The Balaban J connectivity index is 1.34. The van der Waals surface area contributed by atoms with Crippen molar-refractivity contribution < 1.29 is 19.0 Å². The number of benzene rings is 2. The molecule has 1 fully saturated rings. The van der Waals surface area contributed by atoms with E-state index in [1.807, 2.05) is 55.5 Å². The number of anilines is 1. The van der Waals surface area contributed by atoms with Gasteiger partial charge in [-0.05, 0) is 61.6 Å². The van der Waals surface area contributed by atoms with Crippen LogP contribution in [-0.4, -0.2) is 38.5 Å². The molecule has 6 nitrogen and oxygen atoms in total. The summed E-state index contributed by atoms with van der Waals surface area (Å²) in [6, 6.07) is 15.3. The lowest BCUT2D eigenvalue weighted by molar-refractivity contribution is -0.0447. The molecule has 2 aromatic rings. The van der Waals surface area contributed by atoms with E-state index in [4.69, 9.17) is 14.2 Å². The molecule has 6 heteroatoms. The average Bonchev–Trinajstić information content (AvgIpc) is 2.72. The van der Waals surface area contributed by atoms with Crippen LogP contribution >= 0.6 is 0 Å². The second-order valence-corrected chi connectivity index (χ2v) is 7.25. The van der Waals surface area contributed by atoms with Crippen molar-refractivity contribution in [2.75, 3.05) is 31.7 Å². The van der Waals surface area contributed by atoms with Crippen LogP contribution in [0.3, 0.4) is 0 Å². The number of ether oxygens (including phenoxy) is 3. The van der Waals surface area contributed by atoms with Crippen molar-refractivity contribution in [2.45, 2.75) is 38.9 Å². The Morgan fingerprint density at radius 2 is 2.07 bits per heavy atom. The Hall–Kier alpha value is -2.57. The van der Waals surface area contributed by atoms with Crippen molar-refractivity contribution in [3.05, 3.63) is 59.7 Å². The van der Waals surface area contributed by atoms with Gasteiger partial charge >= 0.3 is 6.03 Å². The first kappa shape index (κ1) is 21.1. The van der Waals surface area contributed by atoms with Crippen molar-refractivity contribution in [2.24, 2.45) is 0 Å². The summed E-state index contributed by atoms with van der Waals surface area (Å²) >= 11 is 0. The molecule has 29 heavy (non-hydrogen) atoms. The van der Waals surface area contributed by atoms with E-state index in [1.165, 1.54) is 6.42 Å². The number of amides is 2. The summed E-state index contributed by atoms with van der Waals surface area (Å²) in [5.74, 6) is 0.804. The maximum atomic E-state index is 12.1. The van der Waals surface area contributed by atoms with Gasteiger partial charge in [0, 0.05) is 12.3 Å². The second-order valence-electron chi connectivity index (χ2n) is 7.25. The van der Waals surface area contributed by atoms with Gasteiger partial charge in [0.2, 0.25) is 0 Å². The Labute approximate surface area is 172 Å². The zero-order chi connectivity index (χ0) is 20.3. The van der Waals surface area contributed by atoms with Crippen molar-refractivity contribution >= 4 is 11.7 Å². The fourth-order valence-corrected chi connectivity index (χ4v) is 3.20. The molecule has 1 heterocycles. The zero-order valence-corrected chi connectivity index (χ0v) is 17.0. The van der Waals surface area contributed by atoms with Gasteiger partial charge in [-0.2, -0.15) is 0 Å². The van der Waals surface area contributed by atoms with E-state index in [0.717, 1.165) is 42.0 Å². The van der Waals surface area contributed by atoms with Gasteiger partial charge in [0.15, 0.2) is 0 Å². The number of aryl methyl sites for hydroxylation is 1. The van der Waals surface area contributed by atoms with Gasteiger partial charge < -0.3 is 24.8 Å². The zero-order valence-electron chi connectivity index (χ0n) is 17.0. The molecule has 3 rings (SSSR count). The van der Waals surface area contributed by atoms with E-state index in [0.29, 0.717) is 26.4 Å². The van der Waals surface area contributed by atoms with Gasteiger partial charge in [0.25, 0.3) is 0 Å². The lowest BCUT2D eigenvalue weighted by Crippen LogP contribution is -2.32. The molecule has 1 saturated heterocycles. The minimum absolute atomic E-state index is 0.206. The first-order chi connectivity index (χ1) is 14.2. The third kappa shape index (κ3) is 7.75. The summed E-state index contributed by atoms with van der Waals surface area (Å²) in [6.45, 7) is 4.79. The quantitative estimate of drug-likeness (QED) is 0.619. The first-order valence-corrected chi connectivity index (χ1v) is 10.2. The molecule has 0 spiro atoms. The first-order valence-electron chi connectivity index (χ1n) is 10.2. The summed E-state index contributed by atoms with van der Waals surface area (Å²) in [4.78, 5) is 12.1. The Kier molecular flexibility index (Phi) is 8.34. The van der Waals surface area contributed by atoms with Crippen molar-refractivity contribution in [1.29, 1.82) is 0 Å². The molecule has 0 aromatic heterocycles. The fraction of sp³-hybridized carbons (Fsp3) is 0.435. The number of hydrogen-bond acceptors (Lipinski definition) is 4. The highest BCUT2D eigenvalue weighted by Crippen LogP contribution is 2.15. The topological polar surface area (TPSA) is 68.8 Å². The fourth-order valence-electron chi connectivity index (χ4n) is 3.20. The maximum absolute atomic E-state index is 12.1. The molecule has 1 atom stereocenters. The van der Waals surface area contributed by atoms with Gasteiger partial charge in [-0.25, -0.2) is 4.79 Å². The highest BCUT2D eigenvalue weighted by Gasteiger charge is 2.13. The molecule has 0 saturated carbocycles. The van der Waals surface area contributed by atoms with Gasteiger partial charge in [0.1, 0.15) is 12.4 Å². The monoisotopic (exact) mass is 398 g/mol. The van der Waals surface area contributed by atoms with Gasteiger partial charge in [0.05, 0.1) is 25.9 Å². The number of carbonyl (C=O) groups is 1. The van der Waals surface area contributed by atoms with Crippen molar-refractivity contribution in [3.8, 4) is 5.75 Å². The number of carbonyl (C=O) groups excluding carboxylic acids is 1. The molecule has 2 aromatic carbocycles. The molecule has 0 aliphatic carbocycles. The van der Waals surface area contributed by atoms with Crippen LogP contribution in [0.25, 0.3) is 0 Å². The predicted octanol–water partition coefficient (Wildman–Crippen LogP) is 4.28. The van der Waals surface area contributed by atoms with Crippen molar-refractivity contribution in [1.82, 2.24) is 5.32 Å². The van der Waals surface area contributed by atoms with Crippen LogP contribution in [0.5, 0.6) is 5.75 Å². The molecule has 0 radical (unpaired) electrons. The number of rotatable bonds is 9. The van der Waals surface area contributed by atoms with E-state index in [9.17, 15) is 4.79 Å². The van der Waals surface area contributed by atoms with Crippen LogP contribution in [-0.2, 0) is 16.1 Å². The van der Waals surface area contributed by atoms with Crippen LogP contribution in [0.1, 0.15) is 30.4 Å². The SMILES string of the molecule is Cc1cccc(OCCNC(=O)Nc2cccc(COCC3CCCCO3)c2)c1. The molecule has 1 unspecified atom stereocenters. The van der Waals surface area contributed by atoms with Crippen LogP contribution in [0.15, 0.2) is 48.5 Å². The summed E-state index contributed by atoms with van der Waals surface area (Å²) in [7, 11) is 0. The Morgan fingerprint density at radius 3 is 2.90 bits per heavy atom. The number of hydrogen-bond donors (Lipinski definition) is 2. The van der Waals surface area contributed by atoms with E-state index >= 15 is 0 Å². The van der Waals surface area contributed by atoms with Crippen LogP contribution in [0, 0.1) is 6.92 Å². The molecule has 1 aliphatic heterocycles. The van der Waals surface area contributed by atoms with Gasteiger partial charge in [-0.15, -0.1) is 0 Å². The molecule has 156 valence electrons. The number of nitrogens with one attached hydrogen (secondary N) is 2. The smallest absolute Gasteiger partial charge is 0.319 e. The lowest BCUT2D eigenvalue weighted by atomic mass is 10.1. The molecular formula is C23H30N2O4. The second kappa shape index (κ2) is 11.4. The maximum Gasteiger partial charge on any atom is 0.319 e. The minimum Gasteiger partial charge on any atom is -0.492 e. The van der Waals surface area contributed by atoms with Crippen LogP contribution in [0.4, 0.5) is 10.5 Å². The normalized spacial score (nSPS) is 16.2. The van der Waals surface area contributed by atoms with E-state index in [2.05, 4.69) is 10.6 Å². The largest absolute Gasteiger partial charge is 0.492 e. The summed E-state index contributed by atoms with van der Waals surface area (Å²) in [6.07, 6.45) is 3.62. The Morgan fingerprint density at radius 1 is 1.17 bits per heavy atom. The molecule has 0 bridgehead atoms. The van der Waals surface area contributed by atoms with Crippen molar-refractivity contribution in [3.63, 3.8) is 0 Å². The van der Waals surface area contributed by atoms with E-state index in [-0.39, 0.29) is 12.1 Å². The summed E-state index contributed by atoms with van der Waals surface area (Å²) in [5.41, 5.74) is 2.89. The lowest BCUT2D eigenvalue weighted by Gasteiger charge is -2.22. The highest BCUT2D eigenvalue weighted by molar-refractivity contribution is 5.89. The molecular weight excluding hydrogens is 368 g/mol. The standard InChI is InChI=1S/C23H30N2O4/c1-18-6-4-10-21(14-18)29-13-11-24-23(26)25-20-8-5-7-19(15-20)16-27-17-22-9-2-3-12-28-22/h4-8,10,14-15,22H,2-3,9,11-13,16-17H2,1H3,(H2,24,25,26). The number of urea groups is 1. The van der Waals surface area contributed by atoms with Gasteiger partial charge in [-0.1, -0.05) is 24.3 Å². The third-order valence-corrected chi connectivity index (χ3v) is 4.68. The van der Waals surface area contributed by atoms with Crippen LogP contribution in [0.2, 0.25) is 0 Å². The summed E-state index contributed by atoms with van der Waals surface area (Å²) in [5, 5.41) is 5.64. The van der Waals surface area contributed by atoms with E-state index in [1.54, 1.807) is 0 Å². The Bertz CT molecular complexity index is 775. The third-order valence-electron chi connectivity index (χ3n) is 4.68. The molecule has 2 amide bonds. The van der Waals surface area contributed by atoms with Crippen LogP contribution < -0.4 is 15.4 Å². The highest BCUT2D eigenvalue weighted by atomic mass is 16.5. The summed E-state index contributed by atoms with van der Waals surface area (Å²) < 4.78 is 17.1. The van der Waals surface area contributed by atoms with Gasteiger partial charge in [-0.3, -0.25) is 0 Å². The molecule has 2 N–H and O–H groups in total. The predicted molar refractivity (Wildman–Crippen MR) is 113 cm³/mol. The molecule has 1 aliphatic rings. The van der Waals surface area contributed by atoms with E-state index < -0.39 is 0 Å².